The van der Waals surface area contributed by atoms with Gasteiger partial charge >= 0.3 is 0 Å². The lowest BCUT2D eigenvalue weighted by Gasteiger charge is -2.28. The summed E-state index contributed by atoms with van der Waals surface area (Å²) in [5.41, 5.74) is 2.03. The van der Waals surface area contributed by atoms with Crippen LogP contribution in [0.4, 0.5) is 0 Å². The summed E-state index contributed by atoms with van der Waals surface area (Å²) in [6.07, 6.45) is 0. The van der Waals surface area contributed by atoms with Crippen molar-refractivity contribution in [2.75, 3.05) is 0 Å². The van der Waals surface area contributed by atoms with Crippen molar-refractivity contribution >= 4 is 8.32 Å². The number of hydrogen-bond donors (Lipinski definition) is 0. The molecule has 1 nitrogen and oxygen atoms in total. The van der Waals surface area contributed by atoms with Gasteiger partial charge < -0.3 is 4.43 Å². The quantitative estimate of drug-likeness (QED) is 0.569. The minimum Gasteiger partial charge on any atom is -0.402 e. The highest BCUT2D eigenvalue weighted by atomic mass is 28.4. The van der Waals surface area contributed by atoms with Crippen LogP contribution in [0, 0.1) is 11.8 Å². The minimum atomic E-state index is -1.56. The van der Waals surface area contributed by atoms with Gasteiger partial charge in [0.15, 0.2) is 8.32 Å². The molecule has 0 saturated heterocycles. The maximum atomic E-state index is 6.07. The van der Waals surface area contributed by atoms with E-state index in [1.807, 2.05) is 13.8 Å². The molecule has 0 aliphatic rings. The second kappa shape index (κ2) is 5.94. The number of hydrogen-bond acceptors (Lipinski definition) is 1. The Morgan fingerprint density at radius 1 is 1.05 bits per heavy atom. The third-order valence-corrected chi connectivity index (χ3v) is 3.77. The van der Waals surface area contributed by atoms with Gasteiger partial charge in [-0.15, -0.1) is 0 Å². The van der Waals surface area contributed by atoms with Gasteiger partial charge in [-0.3, -0.25) is 0 Å². The van der Waals surface area contributed by atoms with Gasteiger partial charge in [-0.2, -0.15) is 0 Å². The van der Waals surface area contributed by atoms with Gasteiger partial charge in [-0.1, -0.05) is 37.8 Å². The Bertz CT molecular complexity index is 467. The van der Waals surface area contributed by atoms with Gasteiger partial charge in [0.2, 0.25) is 0 Å². The lowest BCUT2D eigenvalue weighted by molar-refractivity contribution is 0.164. The monoisotopic (exact) mass is 274 g/mol. The predicted octanol–water partition coefficient (Wildman–Crippen LogP) is 4.79. The Hall–Kier alpha value is -1.04. The molecule has 0 atom stereocenters. The lowest BCUT2D eigenvalue weighted by atomic mass is 10.0. The fourth-order valence-electron chi connectivity index (χ4n) is 1.97. The number of rotatable bonds is 3. The molecule has 0 unspecified atom stereocenters. The molecule has 19 heavy (non-hydrogen) atoms. The van der Waals surface area contributed by atoms with Gasteiger partial charge in [-0.05, 0) is 57.1 Å². The summed E-state index contributed by atoms with van der Waals surface area (Å²) in [6.45, 7) is 15.0. The second-order valence-electron chi connectivity index (χ2n) is 6.75. The molecule has 0 amide bonds. The molecule has 2 heteroatoms. The molecule has 0 aliphatic carbocycles. The Morgan fingerprint density at radius 3 is 2.00 bits per heavy atom. The first-order valence-electron chi connectivity index (χ1n) is 6.92. The van der Waals surface area contributed by atoms with E-state index >= 15 is 0 Å². The zero-order valence-corrected chi connectivity index (χ0v) is 14.3. The molecular weight excluding hydrogens is 248 g/mol. The molecule has 0 saturated carbocycles. The van der Waals surface area contributed by atoms with Crippen LogP contribution in [0.5, 0.6) is 0 Å². The van der Waals surface area contributed by atoms with Crippen LogP contribution in [0.15, 0.2) is 24.3 Å². The van der Waals surface area contributed by atoms with Crippen LogP contribution in [0.2, 0.25) is 19.6 Å². The molecule has 0 heterocycles. The molecule has 104 valence electrons. The molecular formula is C17H26OSi. The van der Waals surface area contributed by atoms with Crippen LogP contribution in [0.25, 0.3) is 0 Å². The summed E-state index contributed by atoms with van der Waals surface area (Å²) < 4.78 is 6.07. The summed E-state index contributed by atoms with van der Waals surface area (Å²) in [5.74, 6) is 7.03. The summed E-state index contributed by atoms with van der Waals surface area (Å²) in [6, 6.07) is 8.49. The molecule has 0 fully saturated rings. The van der Waals surface area contributed by atoms with Crippen LogP contribution in [0.3, 0.4) is 0 Å². The molecule has 0 bridgehead atoms. The third kappa shape index (κ3) is 6.09. The highest BCUT2D eigenvalue weighted by Gasteiger charge is 2.25. The molecule has 1 aromatic rings. The van der Waals surface area contributed by atoms with Crippen LogP contribution in [0.1, 0.15) is 44.7 Å². The summed E-state index contributed by atoms with van der Waals surface area (Å²) in [7, 11) is -1.56. The topological polar surface area (TPSA) is 9.23 Å². The largest absolute Gasteiger partial charge is 0.402 e. The average molecular weight is 274 g/mol. The van der Waals surface area contributed by atoms with Crippen molar-refractivity contribution in [3.05, 3.63) is 35.4 Å². The highest BCUT2D eigenvalue weighted by Crippen LogP contribution is 2.17. The van der Waals surface area contributed by atoms with Gasteiger partial charge in [-0.25, -0.2) is 0 Å². The Morgan fingerprint density at radius 2 is 1.58 bits per heavy atom. The lowest BCUT2D eigenvalue weighted by Crippen LogP contribution is -2.37. The number of benzene rings is 1. The zero-order chi connectivity index (χ0) is 14.7. The summed E-state index contributed by atoms with van der Waals surface area (Å²) in [5, 5.41) is 0. The van der Waals surface area contributed by atoms with E-state index in [2.05, 4.69) is 69.6 Å². The summed E-state index contributed by atoms with van der Waals surface area (Å²) in [4.78, 5) is 0. The smallest absolute Gasteiger partial charge is 0.185 e. The van der Waals surface area contributed by atoms with Gasteiger partial charge in [0, 0.05) is 5.56 Å². The van der Waals surface area contributed by atoms with Gasteiger partial charge in [0.1, 0.15) is 5.60 Å². The molecule has 0 N–H and O–H groups in total. The second-order valence-corrected chi connectivity index (χ2v) is 11.2. The average Bonchev–Trinajstić information content (AvgIpc) is 2.24. The van der Waals surface area contributed by atoms with E-state index in [1.54, 1.807) is 0 Å². The van der Waals surface area contributed by atoms with Crippen molar-refractivity contribution < 1.29 is 4.43 Å². The predicted molar refractivity (Wildman–Crippen MR) is 85.9 cm³/mol. The first-order valence-corrected chi connectivity index (χ1v) is 10.3. The maximum Gasteiger partial charge on any atom is 0.185 e. The Kier molecular flexibility index (Phi) is 5.01. The van der Waals surface area contributed by atoms with E-state index in [9.17, 15) is 0 Å². The molecule has 1 rings (SSSR count). The fraction of sp³-hybridized carbons (Fsp3) is 0.529. The first kappa shape index (κ1) is 16.0. The van der Waals surface area contributed by atoms with Crippen molar-refractivity contribution in [1.82, 2.24) is 0 Å². The van der Waals surface area contributed by atoms with Crippen LogP contribution in [-0.2, 0) is 4.43 Å². The van der Waals surface area contributed by atoms with Crippen molar-refractivity contribution in [3.8, 4) is 11.8 Å². The van der Waals surface area contributed by atoms with E-state index in [1.165, 1.54) is 5.56 Å². The van der Waals surface area contributed by atoms with E-state index in [-0.39, 0.29) is 5.60 Å². The molecule has 0 aromatic heterocycles. The van der Waals surface area contributed by atoms with Crippen LogP contribution < -0.4 is 0 Å². The molecule has 0 aliphatic heterocycles. The van der Waals surface area contributed by atoms with Crippen LogP contribution >= 0.6 is 0 Å². The molecule has 0 spiro atoms. The molecule has 1 aromatic carbocycles. The van der Waals surface area contributed by atoms with E-state index in [0.717, 1.165) is 5.56 Å². The Balaban J connectivity index is 2.82. The van der Waals surface area contributed by atoms with Crippen molar-refractivity contribution in [3.63, 3.8) is 0 Å². The van der Waals surface area contributed by atoms with Crippen molar-refractivity contribution in [1.29, 1.82) is 0 Å². The SMILES string of the molecule is CC(C)c1ccc(C#CC(C)(C)O[Si](C)(C)C)cc1. The summed E-state index contributed by atoms with van der Waals surface area (Å²) >= 11 is 0. The third-order valence-electron chi connectivity index (χ3n) is 2.65. The van der Waals surface area contributed by atoms with Crippen molar-refractivity contribution in [2.24, 2.45) is 0 Å². The zero-order valence-electron chi connectivity index (χ0n) is 13.3. The van der Waals surface area contributed by atoms with Gasteiger partial charge in [0.25, 0.3) is 0 Å². The Labute approximate surface area is 119 Å². The maximum absolute atomic E-state index is 6.07. The standard InChI is InChI=1S/C17H26OSi/c1-14(2)16-10-8-15(9-11-16)12-13-17(3,4)18-19(5,6)7/h8-11,14H,1-7H3. The fourth-order valence-corrected chi connectivity index (χ4v) is 3.55. The van der Waals surface area contributed by atoms with Crippen molar-refractivity contribution in [2.45, 2.75) is 58.9 Å². The molecule has 0 radical (unpaired) electrons. The van der Waals surface area contributed by atoms with E-state index in [0.29, 0.717) is 5.92 Å². The van der Waals surface area contributed by atoms with E-state index < -0.39 is 8.32 Å². The highest BCUT2D eigenvalue weighted by molar-refractivity contribution is 6.69. The van der Waals surface area contributed by atoms with Crippen LogP contribution in [-0.4, -0.2) is 13.9 Å². The first-order chi connectivity index (χ1) is 8.59. The minimum absolute atomic E-state index is 0.374. The normalized spacial score (nSPS) is 12.2. The van der Waals surface area contributed by atoms with E-state index in [4.69, 9.17) is 4.43 Å². The van der Waals surface area contributed by atoms with Gasteiger partial charge in [0.05, 0.1) is 0 Å².